The molecule has 188 valence electrons. The van der Waals surface area contributed by atoms with Gasteiger partial charge < -0.3 is 5.32 Å². The molecule has 0 bridgehead atoms. The zero-order valence-electron chi connectivity index (χ0n) is 18.0. The van der Waals surface area contributed by atoms with Crippen LogP contribution in [0.1, 0.15) is 48.8 Å². The van der Waals surface area contributed by atoms with Crippen molar-refractivity contribution in [2.24, 2.45) is 0 Å². The first kappa shape index (κ1) is 26.8. The summed E-state index contributed by atoms with van der Waals surface area (Å²) in [6.45, 7) is 0. The van der Waals surface area contributed by atoms with Gasteiger partial charge in [0.2, 0.25) is 0 Å². The molecule has 0 amide bonds. The Bertz CT molecular complexity index is 1080. The van der Waals surface area contributed by atoms with Crippen LogP contribution < -0.4 is 5.32 Å². The minimum absolute atomic E-state index is 0.0475. The number of benzene rings is 2. The summed E-state index contributed by atoms with van der Waals surface area (Å²) in [6, 6.07) is 10.7. The molecule has 0 radical (unpaired) electrons. The van der Waals surface area contributed by atoms with Gasteiger partial charge >= 0.3 is 11.7 Å². The molecule has 0 spiro atoms. The molecule has 0 saturated carbocycles. The average Bonchev–Trinajstić information content (AvgIpc) is 2.74. The first-order valence-electron chi connectivity index (χ1n) is 10.8. The molecule has 2 unspecified atom stereocenters. The van der Waals surface area contributed by atoms with E-state index < -0.39 is 38.4 Å². The third kappa shape index (κ3) is 6.47. The zero-order valence-corrected chi connectivity index (χ0v) is 20.4. The van der Waals surface area contributed by atoms with Gasteiger partial charge in [-0.25, -0.2) is 8.42 Å². The SMILES string of the molecule is O=S(=O)(C1CCCc2c(cccc2C(F)(F)F)NC(CCc2ccc(Br)cc2)CC1)C(F)(F)F. The Kier molecular flexibility index (Phi) is 8.27. The Balaban J connectivity index is 1.93. The molecule has 0 saturated heterocycles. The molecule has 3 rings (SSSR count). The van der Waals surface area contributed by atoms with E-state index in [4.69, 9.17) is 0 Å². The number of hydrogen-bond donors (Lipinski definition) is 1. The van der Waals surface area contributed by atoms with E-state index in [2.05, 4.69) is 21.2 Å². The second kappa shape index (κ2) is 10.5. The zero-order chi connectivity index (χ0) is 25.1. The second-order valence-corrected chi connectivity index (χ2v) is 11.6. The summed E-state index contributed by atoms with van der Waals surface area (Å²) in [4.78, 5) is 0. The third-order valence-electron chi connectivity index (χ3n) is 6.09. The van der Waals surface area contributed by atoms with Crippen LogP contribution in [0.5, 0.6) is 0 Å². The number of nitrogens with one attached hydrogen (secondary N) is 1. The maximum Gasteiger partial charge on any atom is 0.497 e. The van der Waals surface area contributed by atoms with Gasteiger partial charge in [-0.15, -0.1) is 0 Å². The van der Waals surface area contributed by atoms with Gasteiger partial charge in [0.25, 0.3) is 9.84 Å². The number of anilines is 1. The van der Waals surface area contributed by atoms with Crippen LogP contribution in [0.4, 0.5) is 32.0 Å². The van der Waals surface area contributed by atoms with Gasteiger partial charge in [0, 0.05) is 16.2 Å². The van der Waals surface area contributed by atoms with Gasteiger partial charge in [-0.1, -0.05) is 34.1 Å². The van der Waals surface area contributed by atoms with Gasteiger partial charge in [0.15, 0.2) is 0 Å². The molecule has 1 N–H and O–H groups in total. The van der Waals surface area contributed by atoms with Crippen molar-refractivity contribution in [3.05, 3.63) is 63.6 Å². The van der Waals surface area contributed by atoms with E-state index >= 15 is 0 Å². The summed E-state index contributed by atoms with van der Waals surface area (Å²) < 4.78 is 106. The number of halogens is 7. The molecule has 1 heterocycles. The van der Waals surface area contributed by atoms with Crippen molar-refractivity contribution in [1.29, 1.82) is 0 Å². The third-order valence-corrected chi connectivity index (χ3v) is 8.61. The standard InChI is InChI=1S/C23H24BrF6NO2S/c24-16-10-7-15(8-11-16)9-12-17-13-14-18(34(32,33)23(28,29)30)3-1-4-19-20(22(25,26)27)5-2-6-21(19)31-17/h2,5-8,10-11,17-18,31H,1,3-4,9,12-14H2. The highest BCUT2D eigenvalue weighted by Crippen LogP contribution is 2.38. The Hall–Kier alpha value is -1.75. The summed E-state index contributed by atoms with van der Waals surface area (Å²) in [5.74, 6) is 0. The van der Waals surface area contributed by atoms with Gasteiger partial charge in [-0.3, -0.25) is 0 Å². The molecule has 2 aromatic rings. The number of rotatable bonds is 4. The lowest BCUT2D eigenvalue weighted by Gasteiger charge is -2.28. The summed E-state index contributed by atoms with van der Waals surface area (Å²) in [5, 5.41) is 1.40. The van der Waals surface area contributed by atoms with Crippen molar-refractivity contribution in [2.45, 2.75) is 67.9 Å². The summed E-state index contributed by atoms with van der Waals surface area (Å²) in [7, 11) is -5.43. The van der Waals surface area contributed by atoms with E-state index in [-0.39, 0.29) is 43.4 Å². The molecule has 0 aliphatic carbocycles. The van der Waals surface area contributed by atoms with Gasteiger partial charge in [0.1, 0.15) is 0 Å². The highest BCUT2D eigenvalue weighted by Gasteiger charge is 2.50. The van der Waals surface area contributed by atoms with Crippen molar-refractivity contribution in [2.75, 3.05) is 5.32 Å². The largest absolute Gasteiger partial charge is 0.497 e. The van der Waals surface area contributed by atoms with Crippen LogP contribution >= 0.6 is 15.9 Å². The van der Waals surface area contributed by atoms with E-state index in [0.29, 0.717) is 12.8 Å². The maximum absolute atomic E-state index is 13.6. The summed E-state index contributed by atoms with van der Waals surface area (Å²) in [5.41, 5.74) is -5.08. The van der Waals surface area contributed by atoms with E-state index in [9.17, 15) is 34.8 Å². The van der Waals surface area contributed by atoms with E-state index in [1.807, 2.05) is 24.3 Å². The lowest BCUT2D eigenvalue weighted by molar-refractivity contribution is -0.138. The Morgan fingerprint density at radius 1 is 0.941 bits per heavy atom. The Morgan fingerprint density at radius 2 is 1.62 bits per heavy atom. The van der Waals surface area contributed by atoms with Crippen molar-refractivity contribution >= 4 is 31.5 Å². The average molecular weight is 572 g/mol. The molecule has 1 aliphatic rings. The van der Waals surface area contributed by atoms with Crippen LogP contribution in [-0.2, 0) is 28.9 Å². The van der Waals surface area contributed by atoms with Gasteiger partial charge in [0.05, 0.1) is 10.8 Å². The quantitative estimate of drug-likeness (QED) is 0.391. The second-order valence-electron chi connectivity index (χ2n) is 8.42. The number of aryl methyl sites for hydroxylation is 1. The molecule has 0 fully saturated rings. The molecule has 1 aliphatic heterocycles. The minimum atomic E-state index is -5.43. The Labute approximate surface area is 203 Å². The van der Waals surface area contributed by atoms with E-state index in [0.717, 1.165) is 16.1 Å². The van der Waals surface area contributed by atoms with Crippen LogP contribution in [0, 0.1) is 0 Å². The lowest BCUT2D eigenvalue weighted by atomic mass is 9.93. The number of fused-ring (bicyclic) bond motifs is 1. The first-order valence-corrected chi connectivity index (χ1v) is 13.1. The highest BCUT2D eigenvalue weighted by molar-refractivity contribution is 9.10. The fraction of sp³-hybridized carbons (Fsp3) is 0.478. The molecule has 0 aromatic heterocycles. The molecule has 34 heavy (non-hydrogen) atoms. The summed E-state index contributed by atoms with van der Waals surface area (Å²) in [6.07, 6.45) is -4.49. The Morgan fingerprint density at radius 3 is 2.24 bits per heavy atom. The fourth-order valence-corrected chi connectivity index (χ4v) is 5.86. The highest BCUT2D eigenvalue weighted by atomic mass is 79.9. The molecular formula is C23H24BrF6NO2S. The lowest BCUT2D eigenvalue weighted by Crippen LogP contribution is -2.36. The van der Waals surface area contributed by atoms with Crippen LogP contribution in [0.25, 0.3) is 0 Å². The fourth-order valence-electron chi connectivity index (χ4n) is 4.29. The van der Waals surface area contributed by atoms with Crippen LogP contribution in [0.3, 0.4) is 0 Å². The molecule has 2 aromatic carbocycles. The topological polar surface area (TPSA) is 46.2 Å². The van der Waals surface area contributed by atoms with E-state index in [1.54, 1.807) is 0 Å². The van der Waals surface area contributed by atoms with E-state index in [1.165, 1.54) is 12.1 Å². The van der Waals surface area contributed by atoms with Gasteiger partial charge in [-0.05, 0) is 80.3 Å². The van der Waals surface area contributed by atoms with Crippen LogP contribution in [-0.4, -0.2) is 25.2 Å². The van der Waals surface area contributed by atoms with Crippen LogP contribution in [0.15, 0.2) is 46.9 Å². The predicted octanol–water partition coefficient (Wildman–Crippen LogP) is 7.30. The normalized spacial score (nSPS) is 20.3. The first-order chi connectivity index (χ1) is 15.8. The molecule has 3 nitrogen and oxygen atoms in total. The number of alkyl halides is 6. The monoisotopic (exact) mass is 571 g/mol. The molecular weight excluding hydrogens is 548 g/mol. The summed E-state index contributed by atoms with van der Waals surface area (Å²) >= 11 is 3.34. The van der Waals surface area contributed by atoms with Crippen LogP contribution in [0.2, 0.25) is 0 Å². The van der Waals surface area contributed by atoms with Crippen molar-refractivity contribution in [1.82, 2.24) is 0 Å². The predicted molar refractivity (Wildman–Crippen MR) is 122 cm³/mol. The van der Waals surface area contributed by atoms with Crippen molar-refractivity contribution in [3.8, 4) is 0 Å². The van der Waals surface area contributed by atoms with Crippen molar-refractivity contribution < 1.29 is 34.8 Å². The number of sulfone groups is 1. The maximum atomic E-state index is 13.6. The molecule has 2 atom stereocenters. The minimum Gasteiger partial charge on any atom is -0.382 e. The molecule has 11 heteroatoms. The number of hydrogen-bond acceptors (Lipinski definition) is 3. The smallest absolute Gasteiger partial charge is 0.382 e. The van der Waals surface area contributed by atoms with Gasteiger partial charge in [-0.2, -0.15) is 26.3 Å². The van der Waals surface area contributed by atoms with Crippen molar-refractivity contribution in [3.63, 3.8) is 0 Å².